The van der Waals surface area contributed by atoms with Gasteiger partial charge in [0.15, 0.2) is 0 Å². The van der Waals surface area contributed by atoms with Crippen molar-refractivity contribution in [2.24, 2.45) is 0 Å². The molecule has 3 nitrogen and oxygen atoms in total. The molecular formula is C33H21N3Se. The number of aromatic nitrogens is 3. The topological polar surface area (TPSA) is 38.7 Å². The number of hydrogen-bond donors (Lipinski definition) is 0. The molecule has 0 saturated carbocycles. The Balaban J connectivity index is 1.52. The second kappa shape index (κ2) is 9.25. The molecule has 37 heavy (non-hydrogen) atoms. The van der Waals surface area contributed by atoms with E-state index in [0.29, 0.717) is 20.2 Å². The van der Waals surface area contributed by atoms with E-state index in [0.717, 1.165) is 22.3 Å². The van der Waals surface area contributed by atoms with Crippen LogP contribution in [-0.4, -0.2) is 29.5 Å². The van der Waals surface area contributed by atoms with Crippen LogP contribution >= 0.6 is 0 Å². The number of benzene rings is 5. The first kappa shape index (κ1) is 15.7. The second-order valence-corrected chi connectivity index (χ2v) is 10.5. The summed E-state index contributed by atoms with van der Waals surface area (Å²) in [6.45, 7) is 0. The van der Waals surface area contributed by atoms with Gasteiger partial charge < -0.3 is 0 Å². The van der Waals surface area contributed by atoms with Gasteiger partial charge in [-0.25, -0.2) is 0 Å². The van der Waals surface area contributed by atoms with Crippen LogP contribution in [-0.2, 0) is 0 Å². The van der Waals surface area contributed by atoms with Gasteiger partial charge in [0.1, 0.15) is 0 Å². The van der Waals surface area contributed by atoms with E-state index in [1.165, 1.54) is 0 Å². The Bertz CT molecular complexity index is 2240. The molecule has 0 fully saturated rings. The zero-order valence-electron chi connectivity index (χ0n) is 26.3. The summed E-state index contributed by atoms with van der Waals surface area (Å²) in [6.07, 6.45) is 0. The molecule has 0 N–H and O–H groups in total. The van der Waals surface area contributed by atoms with Gasteiger partial charge in [-0.05, 0) is 0 Å². The molecule has 0 radical (unpaired) electrons. The first-order valence-corrected chi connectivity index (χ1v) is 13.4. The summed E-state index contributed by atoms with van der Waals surface area (Å²) in [7, 11) is 0. The molecule has 174 valence electrons. The van der Waals surface area contributed by atoms with Crippen LogP contribution in [0.4, 0.5) is 0 Å². The van der Waals surface area contributed by atoms with Crippen molar-refractivity contribution in [3.63, 3.8) is 0 Å². The van der Waals surface area contributed by atoms with Gasteiger partial charge in [-0.3, -0.25) is 0 Å². The van der Waals surface area contributed by atoms with Crippen molar-refractivity contribution < 1.29 is 9.60 Å². The molecule has 2 aromatic heterocycles. The molecule has 5 aromatic carbocycles. The van der Waals surface area contributed by atoms with Crippen LogP contribution in [0.2, 0.25) is 0 Å². The molecular weight excluding hydrogens is 517 g/mol. The fourth-order valence-corrected chi connectivity index (χ4v) is 6.49. The Morgan fingerprint density at radius 3 is 1.76 bits per heavy atom. The van der Waals surface area contributed by atoms with Crippen LogP contribution in [0.3, 0.4) is 0 Å². The average Bonchev–Trinajstić information content (AvgIpc) is 3.47. The van der Waals surface area contributed by atoms with Gasteiger partial charge in [0.2, 0.25) is 0 Å². The van der Waals surface area contributed by atoms with Crippen molar-refractivity contribution in [2.45, 2.75) is 0 Å². The number of rotatable bonds is 4. The molecule has 0 aliphatic carbocycles. The summed E-state index contributed by atoms with van der Waals surface area (Å²) >= 11 is -0.688. The van der Waals surface area contributed by atoms with Crippen LogP contribution in [0.1, 0.15) is 9.60 Å². The molecule has 7 rings (SSSR count). The first-order chi connectivity index (χ1) is 21.2. The number of nitrogens with zero attached hydrogens (tertiary/aromatic N) is 3. The summed E-state index contributed by atoms with van der Waals surface area (Å²) in [6, 6.07) is 25.2. The SMILES string of the molecule is [2H]c1c([2H])c([2H])c2c([se]c3c(-c4nc(-c5ccccc5)nc(-c5ccc(-c6ccccc6)cc5)n4)c([2H])c([2H])c([2H])c32)c1[2H]. The van der Waals surface area contributed by atoms with Crippen molar-refractivity contribution in [3.8, 4) is 45.3 Å². The Morgan fingerprint density at radius 1 is 0.486 bits per heavy atom. The van der Waals surface area contributed by atoms with Crippen molar-refractivity contribution in [2.75, 3.05) is 0 Å². The second-order valence-electron chi connectivity index (χ2n) is 8.38. The monoisotopic (exact) mass is 546 g/mol. The predicted molar refractivity (Wildman–Crippen MR) is 154 cm³/mol. The first-order valence-electron chi connectivity index (χ1n) is 15.1. The molecule has 0 atom stereocenters. The van der Waals surface area contributed by atoms with E-state index < -0.39 is 20.5 Å². The van der Waals surface area contributed by atoms with Crippen molar-refractivity contribution >= 4 is 33.8 Å². The molecule has 0 saturated heterocycles. The zero-order chi connectivity index (χ0) is 30.7. The molecule has 4 heteroatoms. The van der Waals surface area contributed by atoms with E-state index in [1.54, 1.807) is 0 Å². The van der Waals surface area contributed by atoms with Crippen LogP contribution in [0, 0.1) is 0 Å². The van der Waals surface area contributed by atoms with Crippen molar-refractivity contribution in [3.05, 3.63) is 127 Å². The van der Waals surface area contributed by atoms with Gasteiger partial charge in [0.05, 0.1) is 0 Å². The minimum atomic E-state index is -0.688. The van der Waals surface area contributed by atoms with Crippen molar-refractivity contribution in [1.82, 2.24) is 15.0 Å². The van der Waals surface area contributed by atoms with Crippen LogP contribution in [0.25, 0.3) is 64.6 Å². The molecule has 0 spiro atoms. The van der Waals surface area contributed by atoms with E-state index in [2.05, 4.69) is 0 Å². The Hall–Kier alpha value is -4.37. The summed E-state index contributed by atoms with van der Waals surface area (Å²) in [5, 5.41) is 0.471. The van der Waals surface area contributed by atoms with Crippen LogP contribution in [0.5, 0.6) is 0 Å². The Labute approximate surface area is 230 Å². The fourth-order valence-electron chi connectivity index (χ4n) is 4.26. The summed E-state index contributed by atoms with van der Waals surface area (Å²) < 4.78 is 60.8. The van der Waals surface area contributed by atoms with E-state index in [4.69, 9.17) is 24.5 Å². The third-order valence-corrected chi connectivity index (χ3v) is 8.43. The van der Waals surface area contributed by atoms with E-state index in [-0.39, 0.29) is 58.4 Å². The van der Waals surface area contributed by atoms with E-state index in [1.807, 2.05) is 84.9 Å². The fraction of sp³-hybridized carbons (Fsp3) is 0. The molecule has 2 heterocycles. The third kappa shape index (κ3) is 4.07. The maximum atomic E-state index is 8.95. The average molecular weight is 546 g/mol. The zero-order valence-corrected chi connectivity index (χ0v) is 21.0. The van der Waals surface area contributed by atoms with Gasteiger partial charge in [-0.1, -0.05) is 6.07 Å². The molecule has 0 unspecified atom stereocenters. The maximum absolute atomic E-state index is 8.95. The van der Waals surface area contributed by atoms with Crippen LogP contribution in [0.15, 0.2) is 127 Å². The van der Waals surface area contributed by atoms with Gasteiger partial charge in [0, 0.05) is 0 Å². The summed E-state index contributed by atoms with van der Waals surface area (Å²) in [4.78, 5) is 14.4. The Kier molecular flexibility index (Phi) is 3.92. The van der Waals surface area contributed by atoms with Gasteiger partial charge in [-0.2, -0.15) is 0 Å². The summed E-state index contributed by atoms with van der Waals surface area (Å²) in [5.74, 6) is 0.899. The third-order valence-electron chi connectivity index (χ3n) is 6.08. The molecule has 0 aliphatic rings. The predicted octanol–water partition coefficient (Wildman–Crippen LogP) is 7.90. The van der Waals surface area contributed by atoms with Gasteiger partial charge in [-0.15, -0.1) is 0 Å². The molecule has 0 bridgehead atoms. The number of fused-ring (bicyclic) bond motifs is 3. The van der Waals surface area contributed by atoms with E-state index in [9.17, 15) is 0 Å². The molecule has 7 aromatic rings. The molecule has 0 aliphatic heterocycles. The van der Waals surface area contributed by atoms with Crippen molar-refractivity contribution in [1.29, 1.82) is 0 Å². The Morgan fingerprint density at radius 2 is 1.03 bits per heavy atom. The minimum absolute atomic E-state index is 0.153. The van der Waals surface area contributed by atoms with Gasteiger partial charge >= 0.3 is 225 Å². The normalized spacial score (nSPS) is 13.9. The standard InChI is InChI=1S/C33H21N3Se/c1-3-10-22(11-4-1)23-18-20-25(21-19-23)32-34-31(24-12-5-2-6-13-24)35-33(36-32)28-16-9-15-27-26-14-7-8-17-29(26)37-30(27)28/h1-21H/i7D,8D,9D,14D,15D,16D,17D. The summed E-state index contributed by atoms with van der Waals surface area (Å²) in [5.41, 5.74) is 3.81. The quantitative estimate of drug-likeness (QED) is 0.211. The van der Waals surface area contributed by atoms with Crippen LogP contribution < -0.4 is 0 Å². The molecule has 0 amide bonds. The number of hydrogen-bond acceptors (Lipinski definition) is 3. The van der Waals surface area contributed by atoms with Gasteiger partial charge in [0.25, 0.3) is 0 Å². The van der Waals surface area contributed by atoms with E-state index >= 15 is 0 Å².